The molecule has 138 valence electrons. The molecule has 0 atom stereocenters. The van der Waals surface area contributed by atoms with Crippen molar-refractivity contribution in [2.45, 2.75) is 4.90 Å². The molecule has 0 aliphatic carbocycles. The molecule has 0 radical (unpaired) electrons. The molecule has 1 amide bonds. The summed E-state index contributed by atoms with van der Waals surface area (Å²) >= 11 is 2.15. The molecule has 2 aromatic carbocycles. The third-order valence-electron chi connectivity index (χ3n) is 4.15. The first-order valence-electron chi connectivity index (χ1n) is 7.79. The molecule has 0 aromatic heterocycles. The number of carbonyl (C=O) groups is 1. The Balaban J connectivity index is 1.70. The molecule has 1 heterocycles. The molecule has 0 unspecified atom stereocenters. The molecule has 0 spiro atoms. The maximum absolute atomic E-state index is 13.3. The van der Waals surface area contributed by atoms with Crippen molar-refractivity contribution < 1.29 is 22.0 Å². The number of amides is 1. The fourth-order valence-corrected chi connectivity index (χ4v) is 4.49. The van der Waals surface area contributed by atoms with Crippen LogP contribution in [0.5, 0.6) is 0 Å². The molecule has 1 aliphatic rings. The Morgan fingerprint density at radius 1 is 0.923 bits per heavy atom. The van der Waals surface area contributed by atoms with Crippen LogP contribution < -0.4 is 0 Å². The van der Waals surface area contributed by atoms with Crippen LogP contribution in [-0.4, -0.2) is 49.7 Å². The molecule has 1 aliphatic heterocycles. The van der Waals surface area contributed by atoms with E-state index in [2.05, 4.69) is 22.6 Å². The van der Waals surface area contributed by atoms with Crippen LogP contribution in [0.3, 0.4) is 0 Å². The van der Waals surface area contributed by atoms with Crippen LogP contribution in [0.15, 0.2) is 47.4 Å². The summed E-state index contributed by atoms with van der Waals surface area (Å²) in [7, 11) is -3.93. The van der Waals surface area contributed by atoms with Gasteiger partial charge in [-0.15, -0.1) is 0 Å². The summed E-state index contributed by atoms with van der Waals surface area (Å²) in [6.45, 7) is 0.649. The zero-order chi connectivity index (χ0) is 18.9. The molecule has 9 heteroatoms. The van der Waals surface area contributed by atoms with E-state index in [0.29, 0.717) is 11.6 Å². The number of piperazine rings is 1. The minimum atomic E-state index is -3.93. The smallest absolute Gasteiger partial charge is 0.253 e. The van der Waals surface area contributed by atoms with Gasteiger partial charge in [0.2, 0.25) is 10.0 Å². The average molecular weight is 492 g/mol. The number of rotatable bonds is 3. The fraction of sp³-hybridized carbons (Fsp3) is 0.235. The minimum Gasteiger partial charge on any atom is -0.336 e. The highest BCUT2D eigenvalue weighted by atomic mass is 127. The van der Waals surface area contributed by atoms with Crippen molar-refractivity contribution in [2.75, 3.05) is 26.2 Å². The number of halogens is 3. The molecular formula is C17H15F2IN2O3S. The largest absolute Gasteiger partial charge is 0.336 e. The van der Waals surface area contributed by atoms with Crippen LogP contribution in [0.2, 0.25) is 0 Å². The summed E-state index contributed by atoms with van der Waals surface area (Å²) < 4.78 is 53.7. The van der Waals surface area contributed by atoms with Gasteiger partial charge in [0, 0.05) is 35.3 Å². The van der Waals surface area contributed by atoms with Crippen molar-refractivity contribution in [2.24, 2.45) is 0 Å². The van der Waals surface area contributed by atoms with Gasteiger partial charge in [-0.25, -0.2) is 17.2 Å². The first kappa shape index (κ1) is 19.2. The molecule has 1 fully saturated rings. The summed E-state index contributed by atoms with van der Waals surface area (Å²) in [5, 5.41) is 0. The van der Waals surface area contributed by atoms with E-state index in [1.807, 2.05) is 12.1 Å². The molecular weight excluding hydrogens is 477 g/mol. The molecule has 2 aromatic rings. The quantitative estimate of drug-likeness (QED) is 0.620. The van der Waals surface area contributed by atoms with E-state index in [0.717, 1.165) is 15.7 Å². The first-order chi connectivity index (χ1) is 12.3. The van der Waals surface area contributed by atoms with Gasteiger partial charge < -0.3 is 4.90 Å². The standard InChI is InChI=1S/C17H15F2IN2O3S/c18-15-6-5-14(11-16(15)19)26(24,25)22-9-7-21(8-10-22)17(23)12-1-3-13(20)4-2-12/h1-6,11H,7-10H2. The van der Waals surface area contributed by atoms with E-state index >= 15 is 0 Å². The highest BCUT2D eigenvalue weighted by Crippen LogP contribution is 2.20. The molecule has 0 N–H and O–H groups in total. The van der Waals surface area contributed by atoms with Crippen molar-refractivity contribution in [3.8, 4) is 0 Å². The predicted octanol–water partition coefficient (Wildman–Crippen LogP) is 2.72. The lowest BCUT2D eigenvalue weighted by molar-refractivity contribution is 0.0698. The van der Waals surface area contributed by atoms with Crippen LogP contribution in [0.25, 0.3) is 0 Å². The van der Waals surface area contributed by atoms with Crippen LogP contribution in [0, 0.1) is 15.2 Å². The van der Waals surface area contributed by atoms with E-state index in [1.54, 1.807) is 17.0 Å². The Kier molecular flexibility index (Phi) is 5.58. The van der Waals surface area contributed by atoms with Gasteiger partial charge in [0.15, 0.2) is 11.6 Å². The molecule has 0 bridgehead atoms. The van der Waals surface area contributed by atoms with Crippen LogP contribution >= 0.6 is 22.6 Å². The number of carbonyl (C=O) groups excluding carboxylic acids is 1. The highest BCUT2D eigenvalue weighted by Gasteiger charge is 2.31. The van der Waals surface area contributed by atoms with E-state index in [9.17, 15) is 22.0 Å². The van der Waals surface area contributed by atoms with Gasteiger partial charge in [0.1, 0.15) is 0 Å². The number of hydrogen-bond donors (Lipinski definition) is 0. The van der Waals surface area contributed by atoms with Gasteiger partial charge in [0.05, 0.1) is 4.90 Å². The average Bonchev–Trinajstić information content (AvgIpc) is 2.64. The normalized spacial score (nSPS) is 15.9. The molecule has 5 nitrogen and oxygen atoms in total. The van der Waals surface area contributed by atoms with Gasteiger partial charge in [-0.1, -0.05) is 0 Å². The molecule has 0 saturated carbocycles. The Bertz CT molecular complexity index is 928. The number of benzene rings is 2. The summed E-state index contributed by atoms with van der Waals surface area (Å²) in [5.41, 5.74) is 0.544. The predicted molar refractivity (Wildman–Crippen MR) is 100 cm³/mol. The van der Waals surface area contributed by atoms with Crippen molar-refractivity contribution in [3.63, 3.8) is 0 Å². The Labute approximate surface area is 163 Å². The fourth-order valence-electron chi connectivity index (χ4n) is 2.69. The Morgan fingerprint density at radius 3 is 2.12 bits per heavy atom. The van der Waals surface area contributed by atoms with Gasteiger partial charge >= 0.3 is 0 Å². The van der Waals surface area contributed by atoms with Crippen LogP contribution in [0.1, 0.15) is 10.4 Å². The van der Waals surface area contributed by atoms with E-state index in [-0.39, 0.29) is 37.0 Å². The minimum absolute atomic E-state index is 0.0947. The van der Waals surface area contributed by atoms with Crippen molar-refractivity contribution >= 4 is 38.5 Å². The van der Waals surface area contributed by atoms with Gasteiger partial charge in [-0.05, 0) is 65.1 Å². The molecule has 1 saturated heterocycles. The lowest BCUT2D eigenvalue weighted by Gasteiger charge is -2.34. The lowest BCUT2D eigenvalue weighted by atomic mass is 10.2. The number of nitrogens with zero attached hydrogens (tertiary/aromatic N) is 2. The highest BCUT2D eigenvalue weighted by molar-refractivity contribution is 14.1. The second-order valence-electron chi connectivity index (χ2n) is 5.78. The maximum Gasteiger partial charge on any atom is 0.253 e. The monoisotopic (exact) mass is 492 g/mol. The zero-order valence-corrected chi connectivity index (χ0v) is 16.5. The summed E-state index contributed by atoms with van der Waals surface area (Å²) in [4.78, 5) is 13.8. The van der Waals surface area contributed by atoms with Gasteiger partial charge in [0.25, 0.3) is 5.91 Å². The Hall–Kier alpha value is -1.59. The van der Waals surface area contributed by atoms with Crippen molar-refractivity contribution in [1.82, 2.24) is 9.21 Å². The van der Waals surface area contributed by atoms with Crippen LogP contribution in [0.4, 0.5) is 8.78 Å². The summed E-state index contributed by atoms with van der Waals surface area (Å²) in [6.07, 6.45) is 0. The van der Waals surface area contributed by atoms with E-state index in [4.69, 9.17) is 0 Å². The third-order valence-corrected chi connectivity index (χ3v) is 6.76. The van der Waals surface area contributed by atoms with Crippen molar-refractivity contribution in [3.05, 3.63) is 63.2 Å². The van der Waals surface area contributed by atoms with Gasteiger partial charge in [-0.2, -0.15) is 4.31 Å². The summed E-state index contributed by atoms with van der Waals surface area (Å²) in [5.74, 6) is -2.47. The SMILES string of the molecule is O=C(c1ccc(I)cc1)N1CCN(S(=O)(=O)c2ccc(F)c(F)c2)CC1. The van der Waals surface area contributed by atoms with Gasteiger partial charge in [-0.3, -0.25) is 4.79 Å². The number of sulfonamides is 1. The summed E-state index contributed by atoms with van der Waals surface area (Å²) in [6, 6.07) is 9.63. The topological polar surface area (TPSA) is 57.7 Å². The van der Waals surface area contributed by atoms with Crippen molar-refractivity contribution in [1.29, 1.82) is 0 Å². The zero-order valence-electron chi connectivity index (χ0n) is 13.5. The first-order valence-corrected chi connectivity index (χ1v) is 10.3. The third kappa shape index (κ3) is 3.89. The Morgan fingerprint density at radius 2 is 1.54 bits per heavy atom. The lowest BCUT2D eigenvalue weighted by Crippen LogP contribution is -2.50. The number of hydrogen-bond acceptors (Lipinski definition) is 3. The second-order valence-corrected chi connectivity index (χ2v) is 8.96. The second kappa shape index (κ2) is 7.57. The van der Waals surface area contributed by atoms with E-state index < -0.39 is 21.7 Å². The molecule has 3 rings (SSSR count). The van der Waals surface area contributed by atoms with Crippen LogP contribution in [-0.2, 0) is 10.0 Å². The maximum atomic E-state index is 13.3. The molecule has 26 heavy (non-hydrogen) atoms. The van der Waals surface area contributed by atoms with E-state index in [1.165, 1.54) is 4.31 Å².